The number of ether oxygens (including phenoxy) is 3. The van der Waals surface area contributed by atoms with Gasteiger partial charge in [0.15, 0.2) is 0 Å². The van der Waals surface area contributed by atoms with Gasteiger partial charge in [-0.25, -0.2) is 9.59 Å². The largest absolute Gasteiger partial charge is 0.513 e. The number of alkyl carbamates (subject to hydrolysis) is 1. The molecule has 0 heterocycles. The molecule has 0 bridgehead atoms. The maximum absolute atomic E-state index is 13.7. The second kappa shape index (κ2) is 66.4. The van der Waals surface area contributed by atoms with Crippen molar-refractivity contribution in [1.82, 2.24) is 65.8 Å². The molecule has 120 heavy (non-hydrogen) atoms. The lowest BCUT2D eigenvalue weighted by Crippen LogP contribution is -2.61. The molecule has 0 saturated carbocycles. The van der Waals surface area contributed by atoms with E-state index in [2.05, 4.69) is 75.1 Å². The van der Waals surface area contributed by atoms with Crippen molar-refractivity contribution in [2.75, 3.05) is 301 Å². The van der Waals surface area contributed by atoms with E-state index in [4.69, 9.17) is 63.1 Å². The number of benzene rings is 1. The zero-order valence-electron chi connectivity index (χ0n) is 69.0. The first-order valence-electron chi connectivity index (χ1n) is 40.3. The van der Waals surface area contributed by atoms with Gasteiger partial charge in [-0.15, -0.1) is 0 Å². The molecule has 1 aromatic rings. The molecule has 0 aliphatic rings. The number of nitrogens with zero attached hydrogens (tertiary/aromatic N) is 9. The van der Waals surface area contributed by atoms with Crippen molar-refractivity contribution < 1.29 is 108 Å². The number of hydrogen-bond acceptors (Lipinski definition) is 30. The van der Waals surface area contributed by atoms with Crippen LogP contribution in [-0.4, -0.2) is 405 Å². The Kier molecular flexibility index (Phi) is 64.8. The fraction of sp³-hybridized carbons (Fsp3) is 0.886. The van der Waals surface area contributed by atoms with Gasteiger partial charge in [-0.2, -0.15) is 79.0 Å². The van der Waals surface area contributed by atoms with Crippen LogP contribution >= 0.6 is 0 Å². The number of unbranched alkanes of at least 4 members (excludes halogenated alkanes) is 4. The minimum absolute atomic E-state index is 0.0825. The Morgan fingerprint density at radius 2 is 0.583 bits per heavy atom. The minimum atomic E-state index is -7.04. The molecule has 50 heteroatoms. The van der Waals surface area contributed by atoms with Crippen LogP contribution in [0.25, 0.3) is 0 Å². The average molecular weight is 1790 g/mol. The molecule has 0 unspecified atom stereocenters. The molecule has 32 nitrogen and oxygen atoms in total. The van der Waals surface area contributed by atoms with Gasteiger partial charge in [-0.1, -0.05) is 12.8 Å². The topological polar surface area (TPSA) is 477 Å². The van der Waals surface area contributed by atoms with Crippen LogP contribution in [0.4, 0.5) is 94.3 Å². The lowest BCUT2D eigenvalue weighted by atomic mass is 10.0. The van der Waals surface area contributed by atoms with Gasteiger partial charge in [-0.05, 0) is 64.0 Å². The fourth-order valence-electron chi connectivity index (χ4n) is 11.3. The van der Waals surface area contributed by atoms with Crippen molar-refractivity contribution in [2.24, 2.45) is 63.1 Å². The lowest BCUT2D eigenvalue weighted by Gasteiger charge is -2.33. The molecule has 1 rings (SSSR count). The molecular weight excluding hydrogens is 1640 g/mol. The van der Waals surface area contributed by atoms with Crippen LogP contribution in [0.15, 0.2) is 24.3 Å². The zero-order valence-corrected chi connectivity index (χ0v) is 69.0. The van der Waals surface area contributed by atoms with E-state index in [1.165, 1.54) is 12.8 Å². The molecule has 0 aliphatic carbocycles. The van der Waals surface area contributed by atoms with Crippen LogP contribution in [0.5, 0.6) is 5.75 Å². The van der Waals surface area contributed by atoms with Crippen molar-refractivity contribution >= 4 is 17.9 Å². The number of amides is 1. The van der Waals surface area contributed by atoms with E-state index in [9.17, 15) is 98.7 Å². The first-order chi connectivity index (χ1) is 56.6. The normalized spacial score (nSPS) is 12.9. The number of carbonyl (C=O) groups is 2. The summed E-state index contributed by atoms with van der Waals surface area (Å²) in [7, 11) is 0. The molecular formula is C70H139F18N25O7. The third-order valence-corrected chi connectivity index (χ3v) is 18.3. The van der Waals surface area contributed by atoms with E-state index in [1.54, 1.807) is 0 Å². The predicted octanol–water partition coefficient (Wildman–Crippen LogP) is 1.19. The highest BCUT2D eigenvalue weighted by Gasteiger charge is 2.82. The second-order valence-corrected chi connectivity index (χ2v) is 27.7. The van der Waals surface area contributed by atoms with Gasteiger partial charge in [-0.3, -0.25) is 39.5 Å². The number of rotatable bonds is 73. The monoisotopic (exact) mass is 1780 g/mol. The average Bonchev–Trinajstić information content (AvgIpc) is 0.751. The number of nitro benzene ring substituents is 1. The highest BCUT2D eigenvalue weighted by molar-refractivity contribution is 5.67. The number of non-ortho nitro benzene ring substituents is 1. The Morgan fingerprint density at radius 3 is 0.867 bits per heavy atom. The number of nitrogens with two attached hydrogens (primary N) is 11. The lowest BCUT2D eigenvalue weighted by molar-refractivity contribution is -0.397. The van der Waals surface area contributed by atoms with E-state index < -0.39 is 103 Å². The minimum Gasteiger partial charge on any atom is -0.449 e. The van der Waals surface area contributed by atoms with Crippen molar-refractivity contribution in [3.63, 3.8) is 0 Å². The van der Waals surface area contributed by atoms with Gasteiger partial charge in [0, 0.05) is 274 Å². The maximum atomic E-state index is 13.7. The van der Waals surface area contributed by atoms with E-state index in [0.717, 1.165) is 233 Å². The number of alkyl halides is 18. The second-order valence-electron chi connectivity index (χ2n) is 27.7. The Bertz CT molecular complexity index is 2670. The molecule has 712 valence electrons. The van der Waals surface area contributed by atoms with E-state index in [1.807, 2.05) is 4.90 Å². The van der Waals surface area contributed by atoms with Crippen molar-refractivity contribution in [2.45, 2.75) is 99.3 Å². The number of halogens is 18. The first kappa shape index (κ1) is 117. The third kappa shape index (κ3) is 50.2. The molecule has 0 saturated heterocycles. The highest BCUT2D eigenvalue weighted by Crippen LogP contribution is 2.55. The van der Waals surface area contributed by atoms with Crippen LogP contribution < -0.4 is 94.4 Å². The van der Waals surface area contributed by atoms with Gasteiger partial charge < -0.3 is 114 Å². The molecule has 1 aromatic carbocycles. The van der Waals surface area contributed by atoms with Crippen molar-refractivity contribution in [3.8, 4) is 5.75 Å². The third-order valence-electron chi connectivity index (χ3n) is 18.3. The summed E-state index contributed by atoms with van der Waals surface area (Å²) in [6.07, 6.45) is -15.4. The molecule has 27 N–H and O–H groups in total. The van der Waals surface area contributed by atoms with E-state index in [0.29, 0.717) is 85.1 Å². The van der Waals surface area contributed by atoms with Gasteiger partial charge in [0.25, 0.3) is 5.69 Å². The first-order valence-corrected chi connectivity index (χ1v) is 40.3. The Balaban J connectivity index is 0. The Labute approximate surface area is 693 Å². The molecule has 0 aromatic heterocycles. The van der Waals surface area contributed by atoms with Gasteiger partial charge >= 0.3 is 60.1 Å². The quantitative estimate of drug-likeness (QED) is 0.0109. The van der Waals surface area contributed by atoms with Crippen LogP contribution in [0, 0.1) is 10.1 Å². The Morgan fingerprint density at radius 1 is 0.317 bits per heavy atom. The summed E-state index contributed by atoms with van der Waals surface area (Å²) in [5, 5.41) is 26.5. The maximum Gasteiger partial charge on any atom is 0.513 e. The number of hydrogen-bond donors (Lipinski definition) is 16. The SMILES string of the molecule is NCCCCCN(CCN(CCN)CCN)CCN(CCNCCN)CCNCCN(CCN)CCN.NCCCCCN(CCN(CCNCCN)CCNCCN(CCN)CCN)CCN(CCN)CCNC(=O)OCCC(F)(F)C(F)(F)C(F)(F)C(F)(F)F.O=C(OCCC(F)(F)C(F)(F)C(F)(F)C(F)(F)F)Oc1ccc([N+](=O)[O-])cc1. The summed E-state index contributed by atoms with van der Waals surface area (Å²) in [6.45, 7) is 30.3. The van der Waals surface area contributed by atoms with Crippen LogP contribution in [0.3, 0.4) is 0 Å². The summed E-state index contributed by atoms with van der Waals surface area (Å²) < 4.78 is 243. The summed E-state index contributed by atoms with van der Waals surface area (Å²) in [4.78, 5) is 51.5. The summed E-state index contributed by atoms with van der Waals surface area (Å²) in [5.41, 5.74) is 62.5. The smallest absolute Gasteiger partial charge is 0.449 e. The number of carbonyl (C=O) groups excluding carboxylic acids is 2. The van der Waals surface area contributed by atoms with Crippen molar-refractivity contribution in [1.29, 1.82) is 0 Å². The van der Waals surface area contributed by atoms with Gasteiger partial charge in [0.05, 0.1) is 24.4 Å². The van der Waals surface area contributed by atoms with E-state index in [-0.39, 0.29) is 19.6 Å². The molecule has 0 atom stereocenters. The molecule has 1 amide bonds. The Hall–Kier alpha value is -5.02. The highest BCUT2D eigenvalue weighted by atomic mass is 19.4. The van der Waals surface area contributed by atoms with Crippen LogP contribution in [0.1, 0.15) is 51.4 Å². The number of nitro groups is 1. The van der Waals surface area contributed by atoms with E-state index >= 15 is 0 Å². The van der Waals surface area contributed by atoms with Crippen LogP contribution in [-0.2, 0) is 9.47 Å². The zero-order chi connectivity index (χ0) is 91.2. The van der Waals surface area contributed by atoms with Gasteiger partial charge in [0.1, 0.15) is 12.4 Å². The molecule has 0 fully saturated rings. The molecule has 0 aliphatic heterocycles. The summed E-state index contributed by atoms with van der Waals surface area (Å²) in [6, 6.07) is 3.51. The van der Waals surface area contributed by atoms with Crippen LogP contribution in [0.2, 0.25) is 0 Å². The standard InChI is InChI=1S/C32H67F9N12O2.C25H64N12.C13H8F9NO5/c33-29(34,30(35,36)31(37,38)32(39,40)41)4-27-55-28(54)49-14-22-52(18-9-46)25-23-50(15-3-1-2-5-42)24-26-53(20-11-47-10-6-43)21-13-48-12-19-51(16-7-44)17-8-45;26-4-2-1-3-14-34(22-24-36(17-8-30)18-9-31)23-25-37(20-11-32-10-5-27)21-13-33-12-19-35(15-6-28)16-7-29;14-10(15,11(16,17)12(18,19)13(20,21)22)5-6-27-9(24)28-8-3-1-7(2-4-8)23(25)26/h47-48H,1-27,42-46H2,(H,49,54);32-33H,1-31H2;1-4H,5-6H2. The fourth-order valence-corrected chi connectivity index (χ4v) is 11.3. The van der Waals surface area contributed by atoms with Crippen molar-refractivity contribution in [3.05, 3.63) is 34.4 Å². The molecule has 0 spiro atoms. The summed E-state index contributed by atoms with van der Waals surface area (Å²) in [5.74, 6) is -39.7. The number of nitrogens with one attached hydrogen (secondary N) is 5. The predicted molar refractivity (Wildman–Crippen MR) is 426 cm³/mol. The van der Waals surface area contributed by atoms with Gasteiger partial charge in [0.2, 0.25) is 0 Å². The molecule has 0 radical (unpaired) electrons. The summed E-state index contributed by atoms with van der Waals surface area (Å²) >= 11 is 0.